The van der Waals surface area contributed by atoms with Gasteiger partial charge in [0.15, 0.2) is 0 Å². The molecular formula is C9H12BFO2. The van der Waals surface area contributed by atoms with E-state index in [-0.39, 0.29) is 11.6 Å². The van der Waals surface area contributed by atoms with Crippen molar-refractivity contribution in [1.82, 2.24) is 0 Å². The second-order valence-electron chi connectivity index (χ2n) is 3.19. The van der Waals surface area contributed by atoms with Crippen molar-refractivity contribution in [2.45, 2.75) is 19.2 Å². The number of halogens is 1. The molecule has 0 aliphatic heterocycles. The Morgan fingerprint density at radius 1 is 1.38 bits per heavy atom. The molecule has 0 aromatic heterocycles. The van der Waals surface area contributed by atoms with Crippen molar-refractivity contribution in [3.05, 3.63) is 35.6 Å². The van der Waals surface area contributed by atoms with Crippen LogP contribution in [0.15, 0.2) is 24.3 Å². The van der Waals surface area contributed by atoms with Gasteiger partial charge in [-0.25, -0.2) is 4.39 Å². The average molecular weight is 182 g/mol. The molecule has 2 nitrogen and oxygen atoms in total. The SMILES string of the molecule is CC(Cc1ccccc1F)B(O)O. The Kier molecular flexibility index (Phi) is 3.45. The van der Waals surface area contributed by atoms with Crippen molar-refractivity contribution in [2.24, 2.45) is 0 Å². The normalized spacial score (nSPS) is 12.6. The largest absolute Gasteiger partial charge is 0.454 e. The lowest BCUT2D eigenvalue weighted by Gasteiger charge is -2.09. The van der Waals surface area contributed by atoms with Crippen molar-refractivity contribution < 1.29 is 14.4 Å². The third kappa shape index (κ3) is 2.83. The maximum atomic E-state index is 13.1. The van der Waals surface area contributed by atoms with Gasteiger partial charge in [-0.15, -0.1) is 0 Å². The smallest absolute Gasteiger partial charge is 0.427 e. The van der Waals surface area contributed by atoms with E-state index in [1.54, 1.807) is 25.1 Å². The lowest BCUT2D eigenvalue weighted by Crippen LogP contribution is -2.19. The molecule has 1 aromatic carbocycles. The highest BCUT2D eigenvalue weighted by molar-refractivity contribution is 6.43. The van der Waals surface area contributed by atoms with Crippen LogP contribution in [-0.4, -0.2) is 17.2 Å². The van der Waals surface area contributed by atoms with E-state index in [1.165, 1.54) is 6.07 Å². The van der Waals surface area contributed by atoms with Crippen LogP contribution in [0.5, 0.6) is 0 Å². The highest BCUT2D eigenvalue weighted by Gasteiger charge is 2.19. The van der Waals surface area contributed by atoms with E-state index < -0.39 is 7.12 Å². The van der Waals surface area contributed by atoms with Gasteiger partial charge in [-0.3, -0.25) is 0 Å². The molecular weight excluding hydrogens is 170 g/mol. The van der Waals surface area contributed by atoms with Crippen LogP contribution in [0.1, 0.15) is 12.5 Å². The highest BCUT2D eigenvalue weighted by Crippen LogP contribution is 2.16. The first-order valence-electron chi connectivity index (χ1n) is 4.21. The Morgan fingerprint density at radius 2 is 2.00 bits per heavy atom. The van der Waals surface area contributed by atoms with E-state index in [1.807, 2.05) is 0 Å². The Morgan fingerprint density at radius 3 is 2.54 bits per heavy atom. The molecule has 70 valence electrons. The molecule has 0 saturated heterocycles. The molecule has 0 aliphatic rings. The summed E-state index contributed by atoms with van der Waals surface area (Å²) in [4.78, 5) is 0. The highest BCUT2D eigenvalue weighted by atomic mass is 19.1. The van der Waals surface area contributed by atoms with Gasteiger partial charge in [0.05, 0.1) is 0 Å². The van der Waals surface area contributed by atoms with Crippen molar-refractivity contribution in [1.29, 1.82) is 0 Å². The topological polar surface area (TPSA) is 40.5 Å². The summed E-state index contributed by atoms with van der Waals surface area (Å²) in [6.07, 6.45) is 0.338. The van der Waals surface area contributed by atoms with Crippen LogP contribution in [0.25, 0.3) is 0 Å². The summed E-state index contributed by atoms with van der Waals surface area (Å²) in [6.45, 7) is 1.66. The van der Waals surface area contributed by atoms with Crippen molar-refractivity contribution >= 4 is 7.12 Å². The molecule has 0 heterocycles. The van der Waals surface area contributed by atoms with Gasteiger partial charge >= 0.3 is 7.12 Å². The van der Waals surface area contributed by atoms with Crippen molar-refractivity contribution in [3.63, 3.8) is 0 Å². The van der Waals surface area contributed by atoms with Crippen LogP contribution in [-0.2, 0) is 6.42 Å². The Bertz CT molecular complexity index is 278. The summed E-state index contributed by atoms with van der Waals surface area (Å²) < 4.78 is 13.1. The summed E-state index contributed by atoms with van der Waals surface area (Å²) >= 11 is 0. The van der Waals surface area contributed by atoms with E-state index in [4.69, 9.17) is 10.0 Å². The Hall–Kier alpha value is -0.865. The lowest BCUT2D eigenvalue weighted by molar-refractivity contribution is 0.386. The molecule has 0 radical (unpaired) electrons. The van der Waals surface area contributed by atoms with Gasteiger partial charge in [0.2, 0.25) is 0 Å². The summed E-state index contributed by atoms with van der Waals surface area (Å²) in [6, 6.07) is 6.35. The Labute approximate surface area is 77.2 Å². The maximum absolute atomic E-state index is 13.1. The molecule has 0 amide bonds. The monoisotopic (exact) mass is 182 g/mol. The first kappa shape index (κ1) is 10.2. The fraction of sp³-hybridized carbons (Fsp3) is 0.333. The third-order valence-electron chi connectivity index (χ3n) is 2.01. The standard InChI is InChI=1S/C9H12BFO2/c1-7(10(12)13)6-8-4-2-3-5-9(8)11/h2-5,7,12-13H,6H2,1H3. The predicted molar refractivity (Wildman–Crippen MR) is 49.7 cm³/mol. The number of rotatable bonds is 3. The summed E-state index contributed by atoms with van der Waals surface area (Å²) in [5, 5.41) is 17.6. The molecule has 0 saturated carbocycles. The van der Waals surface area contributed by atoms with Crippen LogP contribution >= 0.6 is 0 Å². The first-order chi connectivity index (χ1) is 6.11. The first-order valence-corrected chi connectivity index (χ1v) is 4.21. The van der Waals surface area contributed by atoms with Crippen molar-refractivity contribution in [3.8, 4) is 0 Å². The molecule has 1 rings (SSSR count). The second kappa shape index (κ2) is 4.39. The fourth-order valence-electron chi connectivity index (χ4n) is 1.12. The van der Waals surface area contributed by atoms with Crippen LogP contribution in [0.3, 0.4) is 0 Å². The molecule has 0 fully saturated rings. The van der Waals surface area contributed by atoms with E-state index in [2.05, 4.69) is 0 Å². The molecule has 0 bridgehead atoms. The summed E-state index contributed by atoms with van der Waals surface area (Å²) in [7, 11) is -1.39. The van der Waals surface area contributed by atoms with E-state index in [0.29, 0.717) is 12.0 Å². The Balaban J connectivity index is 2.69. The van der Waals surface area contributed by atoms with E-state index in [9.17, 15) is 4.39 Å². The minimum atomic E-state index is -1.39. The zero-order chi connectivity index (χ0) is 9.84. The fourth-order valence-corrected chi connectivity index (χ4v) is 1.12. The average Bonchev–Trinajstić information content (AvgIpc) is 2.08. The quantitative estimate of drug-likeness (QED) is 0.690. The number of hydrogen-bond donors (Lipinski definition) is 2. The molecule has 13 heavy (non-hydrogen) atoms. The van der Waals surface area contributed by atoms with Gasteiger partial charge in [-0.05, 0) is 23.9 Å². The van der Waals surface area contributed by atoms with Crippen LogP contribution in [0.4, 0.5) is 4.39 Å². The lowest BCUT2D eigenvalue weighted by atomic mass is 9.71. The zero-order valence-corrected chi connectivity index (χ0v) is 7.44. The van der Waals surface area contributed by atoms with Gasteiger partial charge < -0.3 is 10.0 Å². The van der Waals surface area contributed by atoms with Gasteiger partial charge in [-0.1, -0.05) is 25.1 Å². The molecule has 1 atom stereocenters. The van der Waals surface area contributed by atoms with E-state index >= 15 is 0 Å². The zero-order valence-electron chi connectivity index (χ0n) is 7.44. The van der Waals surface area contributed by atoms with Gasteiger partial charge in [-0.2, -0.15) is 0 Å². The summed E-state index contributed by atoms with van der Waals surface area (Å²) in [5.74, 6) is -0.646. The van der Waals surface area contributed by atoms with Crippen LogP contribution in [0, 0.1) is 5.82 Å². The van der Waals surface area contributed by atoms with Crippen LogP contribution in [0.2, 0.25) is 5.82 Å². The molecule has 1 aromatic rings. The van der Waals surface area contributed by atoms with Crippen molar-refractivity contribution in [2.75, 3.05) is 0 Å². The molecule has 4 heteroatoms. The second-order valence-corrected chi connectivity index (χ2v) is 3.19. The molecule has 2 N–H and O–H groups in total. The molecule has 0 spiro atoms. The van der Waals surface area contributed by atoms with Gasteiger partial charge in [0.25, 0.3) is 0 Å². The predicted octanol–water partition coefficient (Wildman–Crippen LogP) is 1.23. The maximum Gasteiger partial charge on any atom is 0.454 e. The number of benzene rings is 1. The van der Waals surface area contributed by atoms with Gasteiger partial charge in [0.1, 0.15) is 5.82 Å². The molecule has 1 unspecified atom stereocenters. The minimum Gasteiger partial charge on any atom is -0.427 e. The molecule has 0 aliphatic carbocycles. The van der Waals surface area contributed by atoms with Gasteiger partial charge in [0, 0.05) is 0 Å². The summed E-state index contributed by atoms with van der Waals surface area (Å²) in [5.41, 5.74) is 0.517. The van der Waals surface area contributed by atoms with Crippen LogP contribution < -0.4 is 0 Å². The minimum absolute atomic E-state index is 0.296. The number of hydrogen-bond acceptors (Lipinski definition) is 2. The third-order valence-corrected chi connectivity index (χ3v) is 2.01. The van der Waals surface area contributed by atoms with E-state index in [0.717, 1.165) is 0 Å².